The van der Waals surface area contributed by atoms with Crippen molar-refractivity contribution in [1.82, 2.24) is 24.9 Å². The van der Waals surface area contributed by atoms with Crippen molar-refractivity contribution in [3.63, 3.8) is 0 Å². The van der Waals surface area contributed by atoms with Crippen LogP contribution in [0.2, 0.25) is 0 Å². The van der Waals surface area contributed by atoms with E-state index in [1.807, 2.05) is 62.0 Å². The lowest BCUT2D eigenvalue weighted by Gasteiger charge is -2.23. The highest BCUT2D eigenvalue weighted by atomic mass is 16.5. The minimum absolute atomic E-state index is 0.133. The molecule has 3 rings (SSSR count). The summed E-state index contributed by atoms with van der Waals surface area (Å²) in [5.41, 5.74) is 1.86. The lowest BCUT2D eigenvalue weighted by atomic mass is 10.2. The molecule has 0 unspecified atom stereocenters. The zero-order valence-corrected chi connectivity index (χ0v) is 17.5. The van der Waals surface area contributed by atoms with E-state index in [4.69, 9.17) is 4.52 Å². The van der Waals surface area contributed by atoms with E-state index < -0.39 is 0 Å². The smallest absolute Gasteiger partial charge is 0.276 e. The first-order valence-electron chi connectivity index (χ1n) is 9.98. The molecule has 0 radical (unpaired) electrons. The van der Waals surface area contributed by atoms with Crippen LogP contribution in [0, 0.1) is 5.92 Å². The molecule has 0 fully saturated rings. The molecule has 3 heterocycles. The standard InChI is InChI=1S/C22H27N5O3/c1-16(2)15-27(12-9-21(28)24-14-17-7-4-5-10-23-17)22(29)18-13-20(30-25-18)19-8-6-11-26(19)3/h4-8,10-11,13,16H,9,12,14-15H2,1-3H3,(H,24,28). The van der Waals surface area contributed by atoms with E-state index in [9.17, 15) is 9.59 Å². The Morgan fingerprint density at radius 3 is 2.73 bits per heavy atom. The molecular formula is C22H27N5O3. The molecular weight excluding hydrogens is 382 g/mol. The summed E-state index contributed by atoms with van der Waals surface area (Å²) < 4.78 is 7.27. The lowest BCUT2D eigenvalue weighted by Crippen LogP contribution is -2.37. The van der Waals surface area contributed by atoms with Gasteiger partial charge in [-0.05, 0) is 30.2 Å². The van der Waals surface area contributed by atoms with Crippen molar-refractivity contribution in [2.75, 3.05) is 13.1 Å². The topological polar surface area (TPSA) is 93.3 Å². The van der Waals surface area contributed by atoms with E-state index in [0.29, 0.717) is 25.4 Å². The Hall–Kier alpha value is -3.42. The summed E-state index contributed by atoms with van der Waals surface area (Å²) in [5, 5.41) is 6.80. The number of rotatable bonds is 9. The molecule has 0 spiro atoms. The third-order valence-electron chi connectivity index (χ3n) is 4.60. The zero-order chi connectivity index (χ0) is 21.5. The maximum absolute atomic E-state index is 13.0. The molecule has 8 nitrogen and oxygen atoms in total. The van der Waals surface area contributed by atoms with Crippen LogP contribution in [-0.4, -0.2) is 44.5 Å². The normalized spacial score (nSPS) is 10.9. The van der Waals surface area contributed by atoms with E-state index in [-0.39, 0.29) is 29.8 Å². The molecule has 8 heteroatoms. The summed E-state index contributed by atoms with van der Waals surface area (Å²) in [6.45, 7) is 5.25. The third kappa shape index (κ3) is 5.56. The summed E-state index contributed by atoms with van der Waals surface area (Å²) in [6, 6.07) is 11.0. The van der Waals surface area contributed by atoms with Gasteiger partial charge in [0.2, 0.25) is 5.91 Å². The average molecular weight is 409 g/mol. The van der Waals surface area contributed by atoms with E-state index in [0.717, 1.165) is 11.4 Å². The Morgan fingerprint density at radius 2 is 2.07 bits per heavy atom. The van der Waals surface area contributed by atoms with Gasteiger partial charge in [0.1, 0.15) is 0 Å². The molecule has 3 aromatic rings. The first-order chi connectivity index (χ1) is 14.4. The Kier molecular flexibility index (Phi) is 7.00. The summed E-state index contributed by atoms with van der Waals surface area (Å²) in [7, 11) is 1.90. The van der Waals surface area contributed by atoms with Crippen LogP contribution in [0.5, 0.6) is 0 Å². The second kappa shape index (κ2) is 9.87. The van der Waals surface area contributed by atoms with Crippen LogP contribution in [0.3, 0.4) is 0 Å². The fraction of sp³-hybridized carbons (Fsp3) is 0.364. The predicted molar refractivity (Wildman–Crippen MR) is 112 cm³/mol. The Labute approximate surface area is 175 Å². The second-order valence-electron chi connectivity index (χ2n) is 7.57. The lowest BCUT2D eigenvalue weighted by molar-refractivity contribution is -0.121. The van der Waals surface area contributed by atoms with Gasteiger partial charge in [0.05, 0.1) is 17.9 Å². The fourth-order valence-electron chi connectivity index (χ4n) is 3.11. The van der Waals surface area contributed by atoms with Crippen molar-refractivity contribution in [2.24, 2.45) is 13.0 Å². The van der Waals surface area contributed by atoms with Gasteiger partial charge in [-0.1, -0.05) is 25.1 Å². The van der Waals surface area contributed by atoms with Crippen molar-refractivity contribution < 1.29 is 14.1 Å². The molecule has 0 saturated heterocycles. The minimum Gasteiger partial charge on any atom is -0.354 e. The first kappa shape index (κ1) is 21.3. The van der Waals surface area contributed by atoms with E-state index in [1.54, 1.807) is 17.2 Å². The molecule has 0 atom stereocenters. The van der Waals surface area contributed by atoms with Gasteiger partial charge < -0.3 is 19.3 Å². The summed E-state index contributed by atoms with van der Waals surface area (Å²) >= 11 is 0. The Bertz CT molecular complexity index is 978. The highest BCUT2D eigenvalue weighted by Crippen LogP contribution is 2.21. The highest BCUT2D eigenvalue weighted by molar-refractivity contribution is 5.93. The van der Waals surface area contributed by atoms with Gasteiger partial charge in [-0.3, -0.25) is 14.6 Å². The number of pyridine rings is 1. The van der Waals surface area contributed by atoms with Crippen LogP contribution in [-0.2, 0) is 18.4 Å². The fourth-order valence-corrected chi connectivity index (χ4v) is 3.11. The van der Waals surface area contributed by atoms with Crippen LogP contribution in [0.1, 0.15) is 36.5 Å². The predicted octanol–water partition coefficient (Wildman–Crippen LogP) is 2.88. The van der Waals surface area contributed by atoms with Crippen LogP contribution in [0.25, 0.3) is 11.5 Å². The van der Waals surface area contributed by atoms with Crippen LogP contribution in [0.15, 0.2) is 53.3 Å². The van der Waals surface area contributed by atoms with Gasteiger partial charge in [-0.25, -0.2) is 0 Å². The highest BCUT2D eigenvalue weighted by Gasteiger charge is 2.22. The van der Waals surface area contributed by atoms with Crippen molar-refractivity contribution in [3.8, 4) is 11.5 Å². The molecule has 158 valence electrons. The van der Waals surface area contributed by atoms with Gasteiger partial charge >= 0.3 is 0 Å². The maximum Gasteiger partial charge on any atom is 0.276 e. The molecule has 3 aromatic heterocycles. The van der Waals surface area contributed by atoms with Gasteiger partial charge in [-0.15, -0.1) is 0 Å². The number of amides is 2. The summed E-state index contributed by atoms with van der Waals surface area (Å²) in [5.74, 6) is 0.408. The molecule has 0 aliphatic carbocycles. The number of carbonyl (C=O) groups is 2. The number of nitrogens with one attached hydrogen (secondary N) is 1. The molecule has 0 aliphatic heterocycles. The van der Waals surface area contributed by atoms with Crippen LogP contribution < -0.4 is 5.32 Å². The molecule has 30 heavy (non-hydrogen) atoms. The second-order valence-corrected chi connectivity index (χ2v) is 7.57. The number of aryl methyl sites for hydroxylation is 1. The molecule has 0 aromatic carbocycles. The Morgan fingerprint density at radius 1 is 1.23 bits per heavy atom. The largest absolute Gasteiger partial charge is 0.354 e. The van der Waals surface area contributed by atoms with Crippen molar-refractivity contribution >= 4 is 11.8 Å². The third-order valence-corrected chi connectivity index (χ3v) is 4.60. The number of nitrogens with zero attached hydrogens (tertiary/aromatic N) is 4. The maximum atomic E-state index is 13.0. The minimum atomic E-state index is -0.245. The van der Waals surface area contributed by atoms with E-state index in [1.165, 1.54) is 0 Å². The first-order valence-corrected chi connectivity index (χ1v) is 9.98. The van der Waals surface area contributed by atoms with Gasteiger partial charge in [0.25, 0.3) is 5.91 Å². The molecule has 0 aliphatic rings. The van der Waals surface area contributed by atoms with Crippen LogP contribution >= 0.6 is 0 Å². The average Bonchev–Trinajstić information content (AvgIpc) is 3.38. The van der Waals surface area contributed by atoms with Gasteiger partial charge in [0, 0.05) is 45.0 Å². The van der Waals surface area contributed by atoms with Crippen molar-refractivity contribution in [3.05, 3.63) is 60.2 Å². The summed E-state index contributed by atoms with van der Waals surface area (Å²) in [6.07, 6.45) is 3.79. The number of carbonyl (C=O) groups excluding carboxylic acids is 2. The van der Waals surface area contributed by atoms with Crippen molar-refractivity contribution in [2.45, 2.75) is 26.8 Å². The number of hydrogen-bond acceptors (Lipinski definition) is 5. The monoisotopic (exact) mass is 409 g/mol. The van der Waals surface area contributed by atoms with Gasteiger partial charge in [-0.2, -0.15) is 0 Å². The SMILES string of the molecule is CC(C)CN(CCC(=O)NCc1ccccn1)C(=O)c1cc(-c2cccn2C)on1. The molecule has 0 bridgehead atoms. The number of aromatic nitrogens is 3. The van der Waals surface area contributed by atoms with Crippen LogP contribution in [0.4, 0.5) is 0 Å². The van der Waals surface area contributed by atoms with Gasteiger partial charge in [0.15, 0.2) is 11.5 Å². The summed E-state index contributed by atoms with van der Waals surface area (Å²) in [4.78, 5) is 31.1. The van der Waals surface area contributed by atoms with E-state index in [2.05, 4.69) is 15.5 Å². The zero-order valence-electron chi connectivity index (χ0n) is 17.5. The Balaban J connectivity index is 1.61. The molecule has 1 N–H and O–H groups in total. The van der Waals surface area contributed by atoms with E-state index >= 15 is 0 Å². The quantitative estimate of drug-likeness (QED) is 0.587. The number of hydrogen-bond donors (Lipinski definition) is 1. The molecule has 0 saturated carbocycles. The molecule has 2 amide bonds. The van der Waals surface area contributed by atoms with Crippen molar-refractivity contribution in [1.29, 1.82) is 0 Å².